The van der Waals surface area contributed by atoms with E-state index < -0.39 is 5.54 Å². The normalized spacial score (nSPS) is 23.1. The number of thiophene rings is 1. The van der Waals surface area contributed by atoms with E-state index in [0.29, 0.717) is 26.1 Å². The smallest absolute Gasteiger partial charge is 0.242 e. The minimum Gasteiger partial charge on any atom is -0.369 e. The Morgan fingerprint density at radius 2 is 2.47 bits per heavy atom. The fraction of sp³-hybridized carbons (Fsp3) is 0.643. The third-order valence-corrected chi connectivity index (χ3v) is 4.44. The van der Waals surface area contributed by atoms with Gasteiger partial charge in [0, 0.05) is 11.4 Å². The zero-order valence-electron chi connectivity index (χ0n) is 11.6. The number of hydrogen-bond donors (Lipinski definition) is 1. The molecule has 4 nitrogen and oxygen atoms in total. The van der Waals surface area contributed by atoms with Gasteiger partial charge in [-0.1, -0.05) is 19.4 Å². The largest absolute Gasteiger partial charge is 0.369 e. The van der Waals surface area contributed by atoms with Gasteiger partial charge in [-0.3, -0.25) is 4.79 Å². The Morgan fingerprint density at radius 1 is 1.68 bits per heavy atom. The summed E-state index contributed by atoms with van der Waals surface area (Å²) in [7, 11) is 0. The van der Waals surface area contributed by atoms with Crippen LogP contribution in [0.1, 0.15) is 37.7 Å². The van der Waals surface area contributed by atoms with Crippen molar-refractivity contribution in [3.05, 3.63) is 22.4 Å². The van der Waals surface area contributed by atoms with E-state index in [1.165, 1.54) is 4.88 Å². The van der Waals surface area contributed by atoms with Gasteiger partial charge >= 0.3 is 0 Å². The van der Waals surface area contributed by atoms with Crippen LogP contribution in [0.15, 0.2) is 17.5 Å². The van der Waals surface area contributed by atoms with Crippen molar-refractivity contribution >= 4 is 17.2 Å². The van der Waals surface area contributed by atoms with Gasteiger partial charge in [-0.05, 0) is 24.8 Å². The van der Waals surface area contributed by atoms with Crippen molar-refractivity contribution in [3.8, 4) is 0 Å². The minimum atomic E-state index is -0.758. The quantitative estimate of drug-likeness (QED) is 0.920. The first-order valence-corrected chi connectivity index (χ1v) is 7.66. The van der Waals surface area contributed by atoms with E-state index in [-0.39, 0.29) is 12.0 Å². The molecule has 1 fully saturated rings. The van der Waals surface area contributed by atoms with Crippen LogP contribution in [-0.4, -0.2) is 36.0 Å². The molecule has 0 saturated carbocycles. The molecule has 1 aromatic heterocycles. The SMILES string of the molecule is CCCC(C)(N)C(=O)N1CCOC(c2cccs2)C1. The van der Waals surface area contributed by atoms with Crippen LogP contribution in [0.4, 0.5) is 0 Å². The Balaban J connectivity index is 2.03. The molecular weight excluding hydrogens is 260 g/mol. The predicted octanol–water partition coefficient (Wildman–Crippen LogP) is 2.17. The summed E-state index contributed by atoms with van der Waals surface area (Å²) < 4.78 is 5.75. The van der Waals surface area contributed by atoms with Crippen molar-refractivity contribution in [2.24, 2.45) is 5.73 Å². The standard InChI is InChI=1S/C14H22N2O2S/c1-3-6-14(2,15)13(17)16-7-8-18-11(10-16)12-5-4-9-19-12/h4-5,9,11H,3,6-8,10,15H2,1-2H3. The fourth-order valence-electron chi connectivity index (χ4n) is 2.47. The Hall–Kier alpha value is -0.910. The number of amides is 1. The summed E-state index contributed by atoms with van der Waals surface area (Å²) in [6, 6.07) is 4.06. The van der Waals surface area contributed by atoms with E-state index in [9.17, 15) is 4.79 Å². The van der Waals surface area contributed by atoms with E-state index in [0.717, 1.165) is 6.42 Å². The van der Waals surface area contributed by atoms with Crippen LogP contribution < -0.4 is 5.73 Å². The highest BCUT2D eigenvalue weighted by atomic mass is 32.1. The highest BCUT2D eigenvalue weighted by Crippen LogP contribution is 2.27. The zero-order valence-corrected chi connectivity index (χ0v) is 12.4. The molecule has 0 aromatic carbocycles. The van der Waals surface area contributed by atoms with Crippen molar-refractivity contribution in [1.82, 2.24) is 4.90 Å². The molecule has 0 bridgehead atoms. The molecule has 1 aliphatic heterocycles. The molecule has 1 aromatic rings. The van der Waals surface area contributed by atoms with E-state index in [4.69, 9.17) is 10.5 Å². The van der Waals surface area contributed by atoms with Gasteiger partial charge < -0.3 is 15.4 Å². The molecular formula is C14H22N2O2S. The van der Waals surface area contributed by atoms with Gasteiger partial charge in [0.15, 0.2) is 0 Å². The Morgan fingerprint density at radius 3 is 3.11 bits per heavy atom. The molecule has 5 heteroatoms. The molecule has 2 atom stereocenters. The Kier molecular flexibility index (Phi) is 4.60. The Labute approximate surface area is 118 Å². The number of carbonyl (C=O) groups is 1. The predicted molar refractivity (Wildman–Crippen MR) is 77.1 cm³/mol. The molecule has 1 saturated heterocycles. The van der Waals surface area contributed by atoms with Crippen molar-refractivity contribution in [3.63, 3.8) is 0 Å². The molecule has 2 N–H and O–H groups in total. The maximum atomic E-state index is 12.5. The summed E-state index contributed by atoms with van der Waals surface area (Å²) in [5.74, 6) is 0.0409. The van der Waals surface area contributed by atoms with Gasteiger partial charge in [0.1, 0.15) is 6.10 Å². The second-order valence-electron chi connectivity index (χ2n) is 5.29. The Bertz CT molecular complexity index is 417. The van der Waals surface area contributed by atoms with E-state index in [1.54, 1.807) is 11.3 Å². The third-order valence-electron chi connectivity index (χ3n) is 3.47. The van der Waals surface area contributed by atoms with Crippen molar-refractivity contribution in [1.29, 1.82) is 0 Å². The van der Waals surface area contributed by atoms with Gasteiger partial charge in [-0.15, -0.1) is 11.3 Å². The van der Waals surface area contributed by atoms with E-state index >= 15 is 0 Å². The molecule has 1 amide bonds. The summed E-state index contributed by atoms with van der Waals surface area (Å²) in [4.78, 5) is 15.5. The topological polar surface area (TPSA) is 55.6 Å². The number of rotatable bonds is 4. The minimum absolute atomic E-state index is 0.00451. The summed E-state index contributed by atoms with van der Waals surface area (Å²) in [5, 5.41) is 2.03. The number of nitrogens with zero attached hydrogens (tertiary/aromatic N) is 1. The molecule has 1 aliphatic rings. The van der Waals surface area contributed by atoms with Crippen molar-refractivity contribution in [2.45, 2.75) is 38.3 Å². The maximum absolute atomic E-state index is 12.5. The molecule has 2 heterocycles. The second-order valence-corrected chi connectivity index (χ2v) is 6.27. The maximum Gasteiger partial charge on any atom is 0.242 e. The lowest BCUT2D eigenvalue weighted by Crippen LogP contribution is -2.56. The zero-order chi connectivity index (χ0) is 13.9. The molecule has 0 aliphatic carbocycles. The summed E-state index contributed by atoms with van der Waals surface area (Å²) >= 11 is 1.67. The summed E-state index contributed by atoms with van der Waals surface area (Å²) in [6.07, 6.45) is 1.62. The van der Waals surface area contributed by atoms with Crippen LogP contribution in [0.5, 0.6) is 0 Å². The second kappa shape index (κ2) is 6.03. The number of hydrogen-bond acceptors (Lipinski definition) is 4. The van der Waals surface area contributed by atoms with Gasteiger partial charge in [-0.25, -0.2) is 0 Å². The molecule has 0 radical (unpaired) electrons. The highest BCUT2D eigenvalue weighted by Gasteiger charge is 2.35. The summed E-state index contributed by atoms with van der Waals surface area (Å²) in [6.45, 7) is 5.70. The molecule has 0 spiro atoms. The number of ether oxygens (including phenoxy) is 1. The molecule has 2 unspecified atom stereocenters. The van der Waals surface area contributed by atoms with Crippen LogP contribution in [-0.2, 0) is 9.53 Å². The first-order chi connectivity index (χ1) is 9.04. The number of carbonyl (C=O) groups excluding carboxylic acids is 1. The van der Waals surface area contributed by atoms with Crippen molar-refractivity contribution in [2.75, 3.05) is 19.7 Å². The van der Waals surface area contributed by atoms with Crippen molar-refractivity contribution < 1.29 is 9.53 Å². The average Bonchev–Trinajstić information content (AvgIpc) is 2.92. The fourth-order valence-corrected chi connectivity index (χ4v) is 3.23. The van der Waals surface area contributed by atoms with Gasteiger partial charge in [0.25, 0.3) is 0 Å². The molecule has 106 valence electrons. The highest BCUT2D eigenvalue weighted by molar-refractivity contribution is 7.10. The first-order valence-electron chi connectivity index (χ1n) is 6.78. The van der Waals surface area contributed by atoms with Gasteiger partial charge in [0.2, 0.25) is 5.91 Å². The average molecular weight is 282 g/mol. The lowest BCUT2D eigenvalue weighted by atomic mass is 9.95. The van der Waals surface area contributed by atoms with Crippen LogP contribution in [0.3, 0.4) is 0 Å². The van der Waals surface area contributed by atoms with Crippen LogP contribution >= 0.6 is 11.3 Å². The molecule has 19 heavy (non-hydrogen) atoms. The van der Waals surface area contributed by atoms with Gasteiger partial charge in [0.05, 0.1) is 18.7 Å². The van der Waals surface area contributed by atoms with Crippen LogP contribution in [0.2, 0.25) is 0 Å². The monoisotopic (exact) mass is 282 g/mol. The van der Waals surface area contributed by atoms with E-state index in [1.807, 2.05) is 30.2 Å². The molecule has 2 rings (SSSR count). The number of nitrogens with two attached hydrogens (primary N) is 1. The third kappa shape index (κ3) is 3.35. The van der Waals surface area contributed by atoms with Crippen LogP contribution in [0.25, 0.3) is 0 Å². The first kappa shape index (κ1) is 14.5. The van der Waals surface area contributed by atoms with E-state index in [2.05, 4.69) is 6.07 Å². The number of morpholine rings is 1. The lowest BCUT2D eigenvalue weighted by molar-refractivity contribution is -0.144. The van der Waals surface area contributed by atoms with Crippen LogP contribution in [0, 0.1) is 0 Å². The summed E-state index contributed by atoms with van der Waals surface area (Å²) in [5.41, 5.74) is 5.38. The lowest BCUT2D eigenvalue weighted by Gasteiger charge is -2.37. The van der Waals surface area contributed by atoms with Gasteiger partial charge in [-0.2, -0.15) is 0 Å².